The van der Waals surface area contributed by atoms with Gasteiger partial charge in [0.15, 0.2) is 5.96 Å². The second kappa shape index (κ2) is 4.20. The molecule has 3 nitrogen and oxygen atoms in total. The van der Waals surface area contributed by atoms with Crippen LogP contribution in [-0.4, -0.2) is 29.5 Å². The van der Waals surface area contributed by atoms with Gasteiger partial charge in [-0.15, -0.1) is 0 Å². The molecule has 0 bridgehead atoms. The molecular formula is C11H23N3. The second-order valence-corrected chi connectivity index (χ2v) is 4.81. The van der Waals surface area contributed by atoms with Crippen LogP contribution in [0.1, 0.15) is 34.6 Å². The molecule has 1 aliphatic rings. The summed E-state index contributed by atoms with van der Waals surface area (Å²) in [6, 6.07) is 0.806. The van der Waals surface area contributed by atoms with E-state index in [1.54, 1.807) is 0 Å². The first-order valence-corrected chi connectivity index (χ1v) is 5.53. The van der Waals surface area contributed by atoms with E-state index in [0.29, 0.717) is 23.8 Å². The third-order valence-electron chi connectivity index (χ3n) is 3.32. The Kier molecular flexibility index (Phi) is 3.40. The zero-order chi connectivity index (χ0) is 10.9. The molecule has 0 amide bonds. The molecule has 14 heavy (non-hydrogen) atoms. The zero-order valence-corrected chi connectivity index (χ0v) is 9.99. The minimum Gasteiger partial charge on any atom is -0.370 e. The maximum absolute atomic E-state index is 5.97. The fourth-order valence-electron chi connectivity index (χ4n) is 2.04. The average molecular weight is 197 g/mol. The SMILES string of the molecule is CC(C)N=C(N)N1CC(C)C(C)C1C. The second-order valence-electron chi connectivity index (χ2n) is 4.81. The first-order chi connectivity index (χ1) is 6.43. The van der Waals surface area contributed by atoms with Gasteiger partial charge >= 0.3 is 0 Å². The van der Waals surface area contributed by atoms with E-state index in [1.165, 1.54) is 0 Å². The largest absolute Gasteiger partial charge is 0.370 e. The lowest BCUT2D eigenvalue weighted by molar-refractivity contribution is 0.360. The van der Waals surface area contributed by atoms with Gasteiger partial charge in [0, 0.05) is 18.6 Å². The van der Waals surface area contributed by atoms with Crippen LogP contribution in [0.4, 0.5) is 0 Å². The van der Waals surface area contributed by atoms with E-state index in [4.69, 9.17) is 5.73 Å². The molecule has 2 N–H and O–H groups in total. The van der Waals surface area contributed by atoms with Crippen LogP contribution < -0.4 is 5.73 Å². The summed E-state index contributed by atoms with van der Waals surface area (Å²) in [6.45, 7) is 12.0. The fourth-order valence-corrected chi connectivity index (χ4v) is 2.04. The van der Waals surface area contributed by atoms with Crippen LogP contribution in [0.5, 0.6) is 0 Å². The van der Waals surface area contributed by atoms with E-state index >= 15 is 0 Å². The molecule has 0 spiro atoms. The number of rotatable bonds is 1. The highest BCUT2D eigenvalue weighted by Gasteiger charge is 2.34. The van der Waals surface area contributed by atoms with Crippen molar-refractivity contribution >= 4 is 5.96 Å². The summed E-state index contributed by atoms with van der Waals surface area (Å²) < 4.78 is 0. The van der Waals surface area contributed by atoms with Gasteiger partial charge in [0.1, 0.15) is 0 Å². The van der Waals surface area contributed by atoms with Crippen molar-refractivity contribution in [2.24, 2.45) is 22.6 Å². The summed E-state index contributed by atoms with van der Waals surface area (Å²) in [5.41, 5.74) is 5.97. The molecule has 1 aliphatic heterocycles. The topological polar surface area (TPSA) is 41.6 Å². The van der Waals surface area contributed by atoms with Crippen molar-refractivity contribution in [3.8, 4) is 0 Å². The van der Waals surface area contributed by atoms with Crippen LogP contribution in [0, 0.1) is 11.8 Å². The molecule has 0 aliphatic carbocycles. The maximum Gasteiger partial charge on any atom is 0.191 e. The Bertz CT molecular complexity index is 223. The van der Waals surface area contributed by atoms with Gasteiger partial charge in [-0.1, -0.05) is 13.8 Å². The average Bonchev–Trinajstić information content (AvgIpc) is 2.32. The van der Waals surface area contributed by atoms with Gasteiger partial charge in [-0.05, 0) is 32.6 Å². The van der Waals surface area contributed by atoms with E-state index in [9.17, 15) is 0 Å². The lowest BCUT2D eigenvalue weighted by Gasteiger charge is -2.24. The normalized spacial score (nSPS) is 34.3. The summed E-state index contributed by atoms with van der Waals surface area (Å²) in [5, 5.41) is 0. The number of likely N-dealkylation sites (tertiary alicyclic amines) is 1. The Morgan fingerprint density at radius 2 is 1.93 bits per heavy atom. The predicted octanol–water partition coefficient (Wildman–Crippen LogP) is 1.69. The first kappa shape index (κ1) is 11.3. The molecule has 3 atom stereocenters. The van der Waals surface area contributed by atoms with Gasteiger partial charge < -0.3 is 10.6 Å². The summed E-state index contributed by atoms with van der Waals surface area (Å²) in [5.74, 6) is 2.13. The Labute approximate surface area is 87.4 Å². The lowest BCUT2D eigenvalue weighted by Crippen LogP contribution is -2.41. The number of hydrogen-bond acceptors (Lipinski definition) is 1. The monoisotopic (exact) mass is 197 g/mol. The lowest BCUT2D eigenvalue weighted by atomic mass is 9.95. The summed E-state index contributed by atoms with van der Waals surface area (Å²) >= 11 is 0. The van der Waals surface area contributed by atoms with Crippen molar-refractivity contribution in [3.63, 3.8) is 0 Å². The van der Waals surface area contributed by atoms with Crippen LogP contribution in [-0.2, 0) is 0 Å². The molecule has 3 heteroatoms. The number of nitrogens with zero attached hydrogens (tertiary/aromatic N) is 2. The molecule has 0 aromatic rings. The number of aliphatic imine (C=N–C) groups is 1. The first-order valence-electron chi connectivity index (χ1n) is 5.53. The van der Waals surface area contributed by atoms with Crippen molar-refractivity contribution < 1.29 is 0 Å². The smallest absolute Gasteiger partial charge is 0.191 e. The summed E-state index contributed by atoms with van der Waals surface area (Å²) in [7, 11) is 0. The summed E-state index contributed by atoms with van der Waals surface area (Å²) in [6.07, 6.45) is 0. The Balaban J connectivity index is 2.71. The van der Waals surface area contributed by atoms with Crippen molar-refractivity contribution in [2.75, 3.05) is 6.54 Å². The molecule has 1 rings (SSSR count). The van der Waals surface area contributed by atoms with Gasteiger partial charge in [0.2, 0.25) is 0 Å². The molecule has 82 valence electrons. The minimum atomic E-state index is 0.286. The number of nitrogens with two attached hydrogens (primary N) is 1. The standard InChI is InChI=1S/C11H23N3/c1-7(2)13-11(12)14-6-8(3)9(4)10(14)5/h7-10H,6H2,1-5H3,(H2,12,13). The predicted molar refractivity (Wildman–Crippen MR) is 61.3 cm³/mol. The highest BCUT2D eigenvalue weighted by Crippen LogP contribution is 2.28. The maximum atomic E-state index is 5.97. The van der Waals surface area contributed by atoms with E-state index in [-0.39, 0.29) is 6.04 Å². The van der Waals surface area contributed by atoms with Crippen LogP contribution in [0.15, 0.2) is 4.99 Å². The molecule has 0 aromatic heterocycles. The van der Waals surface area contributed by atoms with Crippen LogP contribution in [0.2, 0.25) is 0 Å². The molecule has 1 fully saturated rings. The van der Waals surface area contributed by atoms with Gasteiger partial charge in [-0.25, -0.2) is 0 Å². The third kappa shape index (κ3) is 2.20. The molecular weight excluding hydrogens is 174 g/mol. The molecule has 3 unspecified atom stereocenters. The Morgan fingerprint density at radius 3 is 2.29 bits per heavy atom. The zero-order valence-electron chi connectivity index (χ0n) is 9.99. The molecule has 0 radical (unpaired) electrons. The van der Waals surface area contributed by atoms with Crippen molar-refractivity contribution in [3.05, 3.63) is 0 Å². The Morgan fingerprint density at radius 1 is 1.36 bits per heavy atom. The Hall–Kier alpha value is -0.730. The van der Waals surface area contributed by atoms with E-state index in [2.05, 4.69) is 44.5 Å². The van der Waals surface area contributed by atoms with E-state index < -0.39 is 0 Å². The van der Waals surface area contributed by atoms with Crippen molar-refractivity contribution in [1.82, 2.24) is 4.90 Å². The van der Waals surface area contributed by atoms with Crippen molar-refractivity contribution in [2.45, 2.75) is 46.7 Å². The van der Waals surface area contributed by atoms with Gasteiger partial charge in [0.25, 0.3) is 0 Å². The van der Waals surface area contributed by atoms with Gasteiger partial charge in [-0.3, -0.25) is 4.99 Å². The molecule has 0 aromatic carbocycles. The number of guanidine groups is 1. The highest BCUT2D eigenvalue weighted by atomic mass is 15.3. The summed E-state index contributed by atoms with van der Waals surface area (Å²) in [4.78, 5) is 6.63. The molecule has 1 heterocycles. The van der Waals surface area contributed by atoms with E-state index in [0.717, 1.165) is 6.54 Å². The highest BCUT2D eigenvalue weighted by molar-refractivity contribution is 5.78. The van der Waals surface area contributed by atoms with Gasteiger partial charge in [0.05, 0.1) is 0 Å². The fraction of sp³-hybridized carbons (Fsp3) is 0.909. The number of hydrogen-bond donors (Lipinski definition) is 1. The van der Waals surface area contributed by atoms with Crippen LogP contribution in [0.25, 0.3) is 0 Å². The quantitative estimate of drug-likeness (QED) is 0.513. The van der Waals surface area contributed by atoms with Crippen LogP contribution >= 0.6 is 0 Å². The minimum absolute atomic E-state index is 0.286. The van der Waals surface area contributed by atoms with Crippen LogP contribution in [0.3, 0.4) is 0 Å². The van der Waals surface area contributed by atoms with Crippen molar-refractivity contribution in [1.29, 1.82) is 0 Å². The third-order valence-corrected chi connectivity index (χ3v) is 3.32. The van der Waals surface area contributed by atoms with Gasteiger partial charge in [-0.2, -0.15) is 0 Å². The molecule has 1 saturated heterocycles. The molecule has 0 saturated carbocycles. The van der Waals surface area contributed by atoms with E-state index in [1.807, 2.05) is 0 Å².